The number of aromatic amines is 1. The van der Waals surface area contributed by atoms with Gasteiger partial charge in [-0.25, -0.2) is 4.79 Å². The van der Waals surface area contributed by atoms with Crippen LogP contribution >= 0.6 is 0 Å². The van der Waals surface area contributed by atoms with E-state index in [1.807, 2.05) is 0 Å². The van der Waals surface area contributed by atoms with Crippen molar-refractivity contribution in [3.8, 4) is 0 Å². The summed E-state index contributed by atoms with van der Waals surface area (Å²) in [4.78, 5) is 19.1. The van der Waals surface area contributed by atoms with E-state index in [-0.39, 0.29) is 101 Å². The third-order valence-corrected chi connectivity index (χ3v) is 0.686. The first-order valence-electron chi connectivity index (χ1n) is 2.18. The summed E-state index contributed by atoms with van der Waals surface area (Å²) in [6.07, 6.45) is 0. The fraction of sp³-hybridized carbons (Fsp3) is 0. The summed E-state index contributed by atoms with van der Waals surface area (Å²) in [5.41, 5.74) is 9.53. The van der Waals surface area contributed by atoms with E-state index in [4.69, 9.17) is 11.5 Å². The number of nitrogens with two attached hydrogens (primary N) is 2. The van der Waals surface area contributed by atoms with Crippen molar-refractivity contribution in [3.63, 3.8) is 0 Å². The van der Waals surface area contributed by atoms with Gasteiger partial charge in [-0.1, -0.05) is 0 Å². The first-order chi connectivity index (χ1) is 4.18. The molecule has 1 aromatic heterocycles. The van der Waals surface area contributed by atoms with Crippen molar-refractivity contribution < 1.29 is 0 Å². The number of aromatic nitrogens is 3. The Morgan fingerprint density at radius 2 is 1.58 bits per heavy atom. The Labute approximate surface area is 135 Å². The van der Waals surface area contributed by atoms with Crippen LogP contribution in [0.3, 0.4) is 0 Å². The van der Waals surface area contributed by atoms with E-state index in [2.05, 4.69) is 15.0 Å². The molecule has 0 fully saturated rings. The molecule has 0 aliphatic carbocycles. The molecule has 1 rings (SSSR count). The standard InChI is InChI=1S/C3H5N5O.3Na.3H/c4-1-6-2(5)8-3(9)7-1;;;;;;/h(H5,4,5,6,7,8,9);;;;;;. The normalized spacial score (nSPS) is 7.00. The predicted molar refractivity (Wildman–Crippen MR) is 52.9 cm³/mol. The second kappa shape index (κ2) is 8.98. The Kier molecular flexibility index (Phi) is 14.3. The SMILES string of the molecule is Nc1nc(N)[nH]c(=O)n1.[NaH].[NaH].[NaH]. The molecule has 0 unspecified atom stereocenters. The first-order valence-corrected chi connectivity index (χ1v) is 2.18. The molecule has 0 aliphatic heterocycles. The zero-order valence-electron chi connectivity index (χ0n) is 4.46. The van der Waals surface area contributed by atoms with Crippen molar-refractivity contribution in [2.45, 2.75) is 0 Å². The number of H-pyrrole nitrogens is 1. The summed E-state index contributed by atoms with van der Waals surface area (Å²) in [6, 6.07) is 0. The van der Waals surface area contributed by atoms with E-state index in [9.17, 15) is 4.79 Å². The Balaban J connectivity index is -0.000000270. The van der Waals surface area contributed by atoms with E-state index in [1.165, 1.54) is 0 Å². The molecule has 1 aromatic rings. The van der Waals surface area contributed by atoms with E-state index in [0.717, 1.165) is 0 Å². The Bertz CT molecular complexity index is 252. The quantitative estimate of drug-likeness (QED) is 0.373. The average Bonchev–Trinajstić information content (AvgIpc) is 1.59. The van der Waals surface area contributed by atoms with Crippen molar-refractivity contribution in [1.29, 1.82) is 0 Å². The molecule has 0 amide bonds. The maximum absolute atomic E-state index is 10.3. The second-order valence-electron chi connectivity index (χ2n) is 1.40. The molecule has 0 aromatic carbocycles. The number of hydrogen-bond acceptors (Lipinski definition) is 5. The van der Waals surface area contributed by atoms with E-state index in [1.54, 1.807) is 0 Å². The van der Waals surface area contributed by atoms with Gasteiger partial charge in [-0.3, -0.25) is 4.98 Å². The summed E-state index contributed by atoms with van der Waals surface area (Å²) >= 11 is 0. The van der Waals surface area contributed by atoms with E-state index in [0.29, 0.717) is 0 Å². The number of hydrogen-bond donors (Lipinski definition) is 3. The molecule has 0 bridgehead atoms. The summed E-state index contributed by atoms with van der Waals surface area (Å²) in [7, 11) is 0. The molecule has 0 saturated carbocycles. The fourth-order valence-electron chi connectivity index (χ4n) is 0.418. The van der Waals surface area contributed by atoms with Crippen LogP contribution in [-0.2, 0) is 0 Å². The molecule has 0 radical (unpaired) electrons. The van der Waals surface area contributed by atoms with Gasteiger partial charge in [0.25, 0.3) is 0 Å². The molecule has 6 nitrogen and oxygen atoms in total. The molecule has 1 heterocycles. The zero-order valence-corrected chi connectivity index (χ0v) is 4.46. The van der Waals surface area contributed by atoms with E-state index < -0.39 is 5.69 Å². The molecule has 0 aliphatic rings. The Morgan fingerprint density at radius 3 is 1.92 bits per heavy atom. The van der Waals surface area contributed by atoms with E-state index >= 15 is 0 Å². The van der Waals surface area contributed by atoms with Crippen molar-refractivity contribution in [2.24, 2.45) is 0 Å². The van der Waals surface area contributed by atoms with Gasteiger partial charge in [0.2, 0.25) is 11.9 Å². The van der Waals surface area contributed by atoms with Gasteiger partial charge in [-0.15, -0.1) is 0 Å². The van der Waals surface area contributed by atoms with Gasteiger partial charge in [-0.05, 0) is 0 Å². The van der Waals surface area contributed by atoms with Crippen LogP contribution in [0.2, 0.25) is 0 Å². The van der Waals surface area contributed by atoms with Crippen molar-refractivity contribution in [1.82, 2.24) is 15.0 Å². The van der Waals surface area contributed by atoms with Crippen molar-refractivity contribution in [2.75, 3.05) is 11.5 Å². The Morgan fingerprint density at radius 1 is 1.08 bits per heavy atom. The first kappa shape index (κ1) is 19.1. The van der Waals surface area contributed by atoms with Crippen LogP contribution < -0.4 is 17.2 Å². The van der Waals surface area contributed by atoms with Crippen LogP contribution in [0.25, 0.3) is 0 Å². The van der Waals surface area contributed by atoms with Crippen molar-refractivity contribution >= 4 is 101 Å². The number of anilines is 2. The minimum absolute atomic E-state index is 0. The van der Waals surface area contributed by atoms with Gasteiger partial charge in [0.1, 0.15) is 0 Å². The van der Waals surface area contributed by atoms with Crippen LogP contribution in [0, 0.1) is 0 Å². The second-order valence-corrected chi connectivity index (χ2v) is 1.40. The topological polar surface area (TPSA) is 111 Å². The van der Waals surface area contributed by atoms with Gasteiger partial charge in [0.15, 0.2) is 0 Å². The fourth-order valence-corrected chi connectivity index (χ4v) is 0.418. The monoisotopic (exact) mass is 199 g/mol. The molecule has 5 N–H and O–H groups in total. The van der Waals surface area contributed by atoms with Crippen molar-refractivity contribution in [3.05, 3.63) is 10.5 Å². The number of nitrogens with one attached hydrogen (secondary N) is 1. The van der Waals surface area contributed by atoms with Crippen LogP contribution in [-0.4, -0.2) is 104 Å². The summed E-state index contributed by atoms with van der Waals surface area (Å²) in [5, 5.41) is 0. The molecule has 0 saturated heterocycles. The summed E-state index contributed by atoms with van der Waals surface area (Å²) in [6.45, 7) is 0. The third-order valence-electron chi connectivity index (χ3n) is 0.686. The van der Waals surface area contributed by atoms with Crippen LogP contribution in [0.1, 0.15) is 0 Å². The molecule has 9 heteroatoms. The molecule has 0 atom stereocenters. The number of nitrogen functional groups attached to an aromatic ring is 2. The van der Waals surface area contributed by atoms with Gasteiger partial charge < -0.3 is 11.5 Å². The molecular formula is C3H8N5Na3O. The molecular weight excluding hydrogens is 191 g/mol. The summed E-state index contributed by atoms with van der Waals surface area (Å²) < 4.78 is 0. The third kappa shape index (κ3) is 6.88. The number of nitrogens with zero attached hydrogens (tertiary/aromatic N) is 2. The van der Waals surface area contributed by atoms with Crippen LogP contribution in [0.15, 0.2) is 4.79 Å². The van der Waals surface area contributed by atoms with Gasteiger partial charge in [-0.2, -0.15) is 9.97 Å². The minimum atomic E-state index is -0.583. The van der Waals surface area contributed by atoms with Gasteiger partial charge >= 0.3 is 94.4 Å². The molecule has 12 heavy (non-hydrogen) atoms. The Hall–Kier alpha value is 1.41. The number of rotatable bonds is 0. The van der Waals surface area contributed by atoms with Gasteiger partial charge in [0, 0.05) is 0 Å². The maximum atomic E-state index is 10.3. The zero-order chi connectivity index (χ0) is 6.85. The predicted octanol–water partition coefficient (Wildman–Crippen LogP) is -3.62. The molecule has 54 valence electrons. The van der Waals surface area contributed by atoms with Crippen LogP contribution in [0.4, 0.5) is 11.9 Å². The summed E-state index contributed by atoms with van der Waals surface area (Å²) in [5.74, 6) is -0.135. The van der Waals surface area contributed by atoms with Gasteiger partial charge in [0.05, 0.1) is 0 Å². The van der Waals surface area contributed by atoms with Crippen LogP contribution in [0.5, 0.6) is 0 Å². The average molecular weight is 199 g/mol. The molecule has 0 spiro atoms.